The Labute approximate surface area is 86.6 Å². The number of rotatable bonds is 3. The summed E-state index contributed by atoms with van der Waals surface area (Å²) in [6, 6.07) is 3.52. The van der Waals surface area contributed by atoms with Crippen molar-refractivity contribution in [2.45, 2.75) is 11.5 Å². The van der Waals surface area contributed by atoms with Crippen LogP contribution in [0.1, 0.15) is 15.9 Å². The van der Waals surface area contributed by atoms with Crippen molar-refractivity contribution in [3.8, 4) is 0 Å². The molecule has 0 fully saturated rings. The number of nitrogens with two attached hydrogens (primary N) is 2. The van der Waals surface area contributed by atoms with Gasteiger partial charge in [-0.15, -0.1) is 0 Å². The molecule has 7 heteroatoms. The van der Waals surface area contributed by atoms with Crippen LogP contribution < -0.4 is 10.9 Å². The Morgan fingerprint density at radius 3 is 2.33 bits per heavy atom. The minimum Gasteiger partial charge on any atom is -0.366 e. The minimum atomic E-state index is -4.01. The van der Waals surface area contributed by atoms with Gasteiger partial charge in [0.05, 0.1) is 4.90 Å². The molecule has 0 aromatic heterocycles. The zero-order valence-electron chi connectivity index (χ0n) is 7.64. The van der Waals surface area contributed by atoms with Crippen LogP contribution >= 0.6 is 0 Å². The van der Waals surface area contributed by atoms with Gasteiger partial charge in [-0.1, -0.05) is 6.07 Å². The monoisotopic (exact) mass is 229 g/mol. The van der Waals surface area contributed by atoms with Crippen molar-refractivity contribution < 1.29 is 18.3 Å². The van der Waals surface area contributed by atoms with Gasteiger partial charge in [0.15, 0.2) is 0 Å². The molecule has 0 aliphatic carbocycles. The fourth-order valence-corrected chi connectivity index (χ4v) is 1.88. The topological polar surface area (TPSA) is 123 Å². The second-order valence-electron chi connectivity index (χ2n) is 2.88. The van der Waals surface area contributed by atoms with Crippen molar-refractivity contribution in [3.05, 3.63) is 29.3 Å². The smallest absolute Gasteiger partial charge is 0.248 e. The molecule has 0 atom stereocenters. The van der Waals surface area contributed by atoms with Gasteiger partial charge in [-0.3, -0.25) is 4.79 Å². The molecule has 0 saturated heterocycles. The highest BCUT2D eigenvalue weighted by Gasteiger charge is 2.15. The van der Waals surface area contributed by atoms with Crippen LogP contribution in [0.5, 0.6) is 0 Å². The summed E-state index contributed by atoms with van der Waals surface area (Å²) in [4.78, 5) is 10.4. The molecule has 4 N–H and O–H groups in total. The van der Waals surface area contributed by atoms with Crippen molar-refractivity contribution in [1.29, 1.82) is 0 Å². The largest absolute Gasteiger partial charge is 0.366 e. The van der Waals surface area contributed by atoms with E-state index >= 15 is 0 Å². The fraction of sp³-hybridized carbons (Fsp3) is 0.125. The van der Waals surface area contributed by atoms with Crippen LogP contribution in [0.3, 0.4) is 0 Å². The van der Waals surface area contributed by atoms with Crippen molar-refractivity contribution in [3.63, 3.8) is 0 Å². The SMILES string of the molecule is NC(=O)c1ccc(C[O])c(S(N)(=O)=O)c1. The summed E-state index contributed by atoms with van der Waals surface area (Å²) in [6.45, 7) is -0.731. The Bertz CT molecular complexity index is 495. The molecule has 1 aromatic rings. The van der Waals surface area contributed by atoms with E-state index in [-0.39, 0.29) is 16.0 Å². The van der Waals surface area contributed by atoms with E-state index in [0.717, 1.165) is 6.07 Å². The van der Waals surface area contributed by atoms with Gasteiger partial charge in [-0.25, -0.2) is 18.7 Å². The summed E-state index contributed by atoms with van der Waals surface area (Å²) in [5, 5.41) is 15.5. The third kappa shape index (κ3) is 2.52. The van der Waals surface area contributed by atoms with Crippen LogP contribution in [-0.4, -0.2) is 14.3 Å². The molecule has 0 aliphatic heterocycles. The first-order chi connectivity index (χ1) is 6.86. The van der Waals surface area contributed by atoms with Gasteiger partial charge in [-0.05, 0) is 12.1 Å². The van der Waals surface area contributed by atoms with Gasteiger partial charge in [0.1, 0.15) is 6.61 Å². The predicted octanol–water partition coefficient (Wildman–Crippen LogP) is -0.637. The molecule has 0 unspecified atom stereocenters. The van der Waals surface area contributed by atoms with E-state index in [0.29, 0.717) is 0 Å². The lowest BCUT2D eigenvalue weighted by atomic mass is 10.1. The number of amides is 1. The molecule has 1 aromatic carbocycles. The number of primary sulfonamides is 1. The minimum absolute atomic E-state index is 0.00350. The van der Waals surface area contributed by atoms with E-state index in [9.17, 15) is 18.3 Å². The highest BCUT2D eigenvalue weighted by molar-refractivity contribution is 7.89. The molecule has 0 heterocycles. The molecule has 0 spiro atoms. The number of primary amides is 1. The summed E-state index contributed by atoms with van der Waals surface area (Å²) in [7, 11) is -4.01. The lowest BCUT2D eigenvalue weighted by Gasteiger charge is -2.05. The molecule has 81 valence electrons. The van der Waals surface area contributed by atoms with Crippen molar-refractivity contribution >= 4 is 15.9 Å². The summed E-state index contributed by atoms with van der Waals surface area (Å²) in [6.07, 6.45) is 0. The van der Waals surface area contributed by atoms with E-state index in [4.69, 9.17) is 10.9 Å². The first kappa shape index (κ1) is 11.6. The molecule has 0 bridgehead atoms. The zero-order chi connectivity index (χ0) is 11.6. The first-order valence-electron chi connectivity index (χ1n) is 3.90. The summed E-state index contributed by atoms with van der Waals surface area (Å²) >= 11 is 0. The third-order valence-electron chi connectivity index (χ3n) is 1.81. The number of sulfonamides is 1. The second kappa shape index (κ2) is 3.97. The number of carbonyl (C=O) groups is 1. The molecule has 15 heavy (non-hydrogen) atoms. The van der Waals surface area contributed by atoms with Gasteiger partial charge >= 0.3 is 0 Å². The summed E-state index contributed by atoms with van der Waals surface area (Å²) < 4.78 is 22.1. The Morgan fingerprint density at radius 2 is 1.93 bits per heavy atom. The Kier molecular flexibility index (Phi) is 3.08. The maximum Gasteiger partial charge on any atom is 0.248 e. The van der Waals surface area contributed by atoms with Crippen molar-refractivity contribution in [2.24, 2.45) is 10.9 Å². The lowest BCUT2D eigenvalue weighted by Crippen LogP contribution is -2.17. The highest BCUT2D eigenvalue weighted by Crippen LogP contribution is 2.16. The number of carbonyl (C=O) groups excluding carboxylic acids is 1. The van der Waals surface area contributed by atoms with Crippen molar-refractivity contribution in [1.82, 2.24) is 0 Å². The average molecular weight is 229 g/mol. The number of hydrogen-bond acceptors (Lipinski definition) is 3. The van der Waals surface area contributed by atoms with Crippen LogP contribution in [0.25, 0.3) is 0 Å². The molecule has 1 radical (unpaired) electrons. The normalized spacial score (nSPS) is 11.3. The Morgan fingerprint density at radius 1 is 1.33 bits per heavy atom. The second-order valence-corrected chi connectivity index (χ2v) is 4.41. The van der Waals surface area contributed by atoms with Crippen LogP contribution in [0.2, 0.25) is 0 Å². The molecular formula is C8H9N2O4S. The predicted molar refractivity (Wildman–Crippen MR) is 50.7 cm³/mol. The van der Waals surface area contributed by atoms with Crippen molar-refractivity contribution in [2.75, 3.05) is 0 Å². The van der Waals surface area contributed by atoms with E-state index in [1.54, 1.807) is 0 Å². The van der Waals surface area contributed by atoms with Crippen LogP contribution in [0.4, 0.5) is 0 Å². The first-order valence-corrected chi connectivity index (χ1v) is 5.44. The average Bonchev–Trinajstić information content (AvgIpc) is 2.15. The van der Waals surface area contributed by atoms with Gasteiger partial charge in [0.2, 0.25) is 15.9 Å². The maximum atomic E-state index is 11.1. The van der Waals surface area contributed by atoms with Gasteiger partial charge in [-0.2, -0.15) is 0 Å². The Hall–Kier alpha value is -1.44. The van der Waals surface area contributed by atoms with Crippen LogP contribution in [0.15, 0.2) is 23.1 Å². The van der Waals surface area contributed by atoms with E-state index in [1.807, 2.05) is 0 Å². The summed E-state index contributed by atoms with van der Waals surface area (Å²) in [5.41, 5.74) is 4.98. The maximum absolute atomic E-state index is 11.1. The van der Waals surface area contributed by atoms with E-state index < -0.39 is 22.5 Å². The lowest BCUT2D eigenvalue weighted by molar-refractivity contribution is 0.1000. The highest BCUT2D eigenvalue weighted by atomic mass is 32.2. The molecular weight excluding hydrogens is 220 g/mol. The standard InChI is InChI=1S/C8H9N2O4S/c9-8(12)5-1-2-6(4-11)7(3-5)15(10,13)14/h1-3H,4H2,(H2,9,12)(H2,10,13,14). The molecule has 0 aliphatic rings. The van der Waals surface area contributed by atoms with Crippen LogP contribution in [-0.2, 0) is 21.7 Å². The fourth-order valence-electron chi connectivity index (χ4n) is 1.09. The van der Waals surface area contributed by atoms with Crippen LogP contribution in [0, 0.1) is 0 Å². The van der Waals surface area contributed by atoms with Gasteiger partial charge < -0.3 is 5.73 Å². The zero-order valence-corrected chi connectivity index (χ0v) is 8.45. The van der Waals surface area contributed by atoms with Gasteiger partial charge in [0, 0.05) is 11.1 Å². The molecule has 1 amide bonds. The summed E-state index contributed by atoms with van der Waals surface area (Å²) in [5.74, 6) is -0.780. The number of benzene rings is 1. The van der Waals surface area contributed by atoms with E-state index in [2.05, 4.69) is 0 Å². The molecule has 0 saturated carbocycles. The third-order valence-corrected chi connectivity index (χ3v) is 2.81. The number of hydrogen-bond donors (Lipinski definition) is 2. The van der Waals surface area contributed by atoms with E-state index in [1.165, 1.54) is 12.1 Å². The van der Waals surface area contributed by atoms with Gasteiger partial charge in [0.25, 0.3) is 0 Å². The Balaban J connectivity index is 3.46. The quantitative estimate of drug-likeness (QED) is 0.716. The molecule has 1 rings (SSSR count). The molecule has 6 nitrogen and oxygen atoms in total.